The second-order valence-corrected chi connectivity index (χ2v) is 4.96. The molecule has 0 spiro atoms. The maximum Gasteiger partial charge on any atom is 0.326 e. The molecule has 1 rings (SSSR count). The van der Waals surface area contributed by atoms with Crippen molar-refractivity contribution in [2.75, 3.05) is 0 Å². The Kier molecular flexibility index (Phi) is 5.91. The Hall–Kier alpha value is -2.16. The highest BCUT2D eigenvalue weighted by Crippen LogP contribution is 2.14. The van der Waals surface area contributed by atoms with Crippen molar-refractivity contribution in [3.63, 3.8) is 0 Å². The van der Waals surface area contributed by atoms with Gasteiger partial charge in [-0.05, 0) is 13.3 Å². The van der Waals surface area contributed by atoms with Crippen molar-refractivity contribution >= 4 is 29.3 Å². The molecule has 1 heterocycles. The smallest absolute Gasteiger partial charge is 0.326 e. The molecule has 0 fully saturated rings. The molecule has 0 aromatic carbocycles. The third kappa shape index (κ3) is 5.22. The van der Waals surface area contributed by atoms with E-state index in [2.05, 4.69) is 15.6 Å². The van der Waals surface area contributed by atoms with Crippen molar-refractivity contribution < 1.29 is 24.6 Å². The topological polar surface area (TPSA) is 129 Å². The average Bonchev–Trinajstić information content (AvgIpc) is 2.87. The second-order valence-electron chi connectivity index (χ2n) is 4.03. The SMILES string of the molecule is CC(NC(=O)NC(CCC(=O)O)C(=O)O)c1nccs1. The minimum atomic E-state index is -1.27. The number of hydrogen-bond acceptors (Lipinski definition) is 5. The number of nitrogens with zero attached hydrogens (tertiary/aromatic N) is 1. The first-order valence-electron chi connectivity index (χ1n) is 5.81. The van der Waals surface area contributed by atoms with Gasteiger partial charge in [0.05, 0.1) is 6.04 Å². The van der Waals surface area contributed by atoms with Crippen LogP contribution in [-0.2, 0) is 9.59 Å². The van der Waals surface area contributed by atoms with E-state index < -0.39 is 24.0 Å². The standard InChI is InChI=1S/C11H15N3O5S/c1-6(9-12-4-5-20-9)13-11(19)14-7(10(17)18)2-3-8(15)16/h4-7H,2-3H2,1H3,(H,15,16)(H,17,18)(H2,13,14,19). The number of nitrogens with one attached hydrogen (secondary N) is 2. The zero-order chi connectivity index (χ0) is 15.1. The van der Waals surface area contributed by atoms with Crippen LogP contribution in [0.25, 0.3) is 0 Å². The Morgan fingerprint density at radius 1 is 1.35 bits per heavy atom. The van der Waals surface area contributed by atoms with Crippen LogP contribution in [0.1, 0.15) is 30.8 Å². The van der Waals surface area contributed by atoms with Crippen LogP contribution < -0.4 is 10.6 Å². The number of carboxylic acids is 2. The van der Waals surface area contributed by atoms with Gasteiger partial charge in [-0.25, -0.2) is 14.6 Å². The summed E-state index contributed by atoms with van der Waals surface area (Å²) in [4.78, 5) is 37.0. The molecule has 0 radical (unpaired) electrons. The van der Waals surface area contributed by atoms with Crippen molar-refractivity contribution in [3.8, 4) is 0 Å². The van der Waals surface area contributed by atoms with Crippen molar-refractivity contribution in [2.24, 2.45) is 0 Å². The van der Waals surface area contributed by atoms with Crippen molar-refractivity contribution in [2.45, 2.75) is 31.8 Å². The van der Waals surface area contributed by atoms with Crippen LogP contribution in [0.15, 0.2) is 11.6 Å². The Morgan fingerprint density at radius 2 is 2.05 bits per heavy atom. The van der Waals surface area contributed by atoms with E-state index in [0.29, 0.717) is 5.01 Å². The molecule has 4 N–H and O–H groups in total. The third-order valence-electron chi connectivity index (χ3n) is 2.42. The van der Waals surface area contributed by atoms with E-state index in [9.17, 15) is 14.4 Å². The molecule has 8 nitrogen and oxygen atoms in total. The third-order valence-corrected chi connectivity index (χ3v) is 3.38. The van der Waals surface area contributed by atoms with Gasteiger partial charge in [-0.1, -0.05) is 0 Å². The molecule has 0 saturated heterocycles. The molecule has 2 unspecified atom stereocenters. The summed E-state index contributed by atoms with van der Waals surface area (Å²) in [6, 6.07) is -2.27. The summed E-state index contributed by atoms with van der Waals surface area (Å²) in [5.41, 5.74) is 0. The normalized spacial score (nSPS) is 13.2. The van der Waals surface area contributed by atoms with Gasteiger partial charge in [-0.3, -0.25) is 4.79 Å². The number of urea groups is 1. The minimum Gasteiger partial charge on any atom is -0.481 e. The predicted octanol–water partition coefficient (Wildman–Crippen LogP) is 0.821. The average molecular weight is 301 g/mol. The fraction of sp³-hybridized carbons (Fsp3) is 0.455. The molecule has 2 atom stereocenters. The molecular formula is C11H15N3O5S. The lowest BCUT2D eigenvalue weighted by Gasteiger charge is -2.16. The summed E-state index contributed by atoms with van der Waals surface area (Å²) in [6.45, 7) is 1.71. The summed E-state index contributed by atoms with van der Waals surface area (Å²) in [5, 5.41) is 24.7. The van der Waals surface area contributed by atoms with Crippen LogP contribution in [-0.4, -0.2) is 39.2 Å². The highest BCUT2D eigenvalue weighted by atomic mass is 32.1. The summed E-state index contributed by atoms with van der Waals surface area (Å²) in [7, 11) is 0. The number of amides is 2. The fourth-order valence-corrected chi connectivity index (χ4v) is 2.08. The fourth-order valence-electron chi connectivity index (χ4n) is 1.43. The molecule has 0 aliphatic heterocycles. The molecule has 1 aromatic rings. The Labute approximate surface area is 118 Å². The van der Waals surface area contributed by atoms with E-state index >= 15 is 0 Å². The highest BCUT2D eigenvalue weighted by Gasteiger charge is 2.22. The van der Waals surface area contributed by atoms with Gasteiger partial charge in [0.1, 0.15) is 11.0 Å². The largest absolute Gasteiger partial charge is 0.481 e. The summed E-state index contributed by atoms with van der Waals surface area (Å²) in [5.74, 6) is -2.39. The van der Waals surface area contributed by atoms with Gasteiger partial charge >= 0.3 is 18.0 Å². The monoisotopic (exact) mass is 301 g/mol. The van der Waals surface area contributed by atoms with E-state index in [0.717, 1.165) is 0 Å². The maximum atomic E-state index is 11.7. The van der Waals surface area contributed by atoms with E-state index in [4.69, 9.17) is 10.2 Å². The lowest BCUT2D eigenvalue weighted by Crippen LogP contribution is -2.46. The number of carbonyl (C=O) groups excluding carboxylic acids is 1. The van der Waals surface area contributed by atoms with E-state index in [1.807, 2.05) is 0 Å². The molecule has 9 heteroatoms. The number of aromatic nitrogens is 1. The number of hydrogen-bond donors (Lipinski definition) is 4. The van der Waals surface area contributed by atoms with Gasteiger partial charge in [0.15, 0.2) is 0 Å². The molecule has 0 aliphatic rings. The van der Waals surface area contributed by atoms with E-state index in [-0.39, 0.29) is 18.9 Å². The van der Waals surface area contributed by atoms with Gasteiger partial charge in [0.2, 0.25) is 0 Å². The Bertz CT molecular complexity index is 476. The summed E-state index contributed by atoms with van der Waals surface area (Å²) < 4.78 is 0. The van der Waals surface area contributed by atoms with Gasteiger partial charge in [0, 0.05) is 18.0 Å². The number of aliphatic carboxylic acids is 2. The van der Waals surface area contributed by atoms with Crippen molar-refractivity contribution in [1.29, 1.82) is 0 Å². The van der Waals surface area contributed by atoms with Crippen LogP contribution >= 0.6 is 11.3 Å². The van der Waals surface area contributed by atoms with E-state index in [1.165, 1.54) is 11.3 Å². The van der Waals surface area contributed by atoms with E-state index in [1.54, 1.807) is 18.5 Å². The molecule has 0 aliphatic carbocycles. The molecular weight excluding hydrogens is 286 g/mol. The zero-order valence-electron chi connectivity index (χ0n) is 10.7. The highest BCUT2D eigenvalue weighted by molar-refractivity contribution is 7.09. The van der Waals surface area contributed by atoms with Crippen molar-refractivity contribution in [1.82, 2.24) is 15.6 Å². The maximum absolute atomic E-state index is 11.7. The molecule has 0 saturated carbocycles. The number of thiazole rings is 1. The first kappa shape index (κ1) is 15.9. The Morgan fingerprint density at radius 3 is 2.55 bits per heavy atom. The van der Waals surface area contributed by atoms with Gasteiger partial charge in [0.25, 0.3) is 0 Å². The molecule has 110 valence electrons. The lowest BCUT2D eigenvalue weighted by atomic mass is 10.1. The number of carbonyl (C=O) groups is 3. The Balaban J connectivity index is 2.49. The number of rotatable bonds is 7. The molecule has 2 amide bonds. The molecule has 0 bridgehead atoms. The second kappa shape index (κ2) is 7.43. The molecule has 1 aromatic heterocycles. The first-order valence-corrected chi connectivity index (χ1v) is 6.69. The van der Waals surface area contributed by atoms with Crippen molar-refractivity contribution in [3.05, 3.63) is 16.6 Å². The van der Waals surface area contributed by atoms with Gasteiger partial charge in [-0.15, -0.1) is 11.3 Å². The number of carboxylic acid groups (broad SMARTS) is 2. The lowest BCUT2D eigenvalue weighted by molar-refractivity contribution is -0.140. The van der Waals surface area contributed by atoms with Crippen LogP contribution in [0.4, 0.5) is 4.79 Å². The van der Waals surface area contributed by atoms with Crippen LogP contribution in [0.2, 0.25) is 0 Å². The van der Waals surface area contributed by atoms with Crippen LogP contribution in [0.3, 0.4) is 0 Å². The minimum absolute atomic E-state index is 0.177. The quantitative estimate of drug-likeness (QED) is 0.590. The summed E-state index contributed by atoms with van der Waals surface area (Å²) in [6.07, 6.45) is 1.09. The predicted molar refractivity (Wildman–Crippen MR) is 70.5 cm³/mol. The van der Waals surface area contributed by atoms with Gasteiger partial charge in [-0.2, -0.15) is 0 Å². The van der Waals surface area contributed by atoms with Crippen LogP contribution in [0, 0.1) is 0 Å². The first-order chi connectivity index (χ1) is 9.40. The zero-order valence-corrected chi connectivity index (χ0v) is 11.5. The van der Waals surface area contributed by atoms with Gasteiger partial charge < -0.3 is 20.8 Å². The summed E-state index contributed by atoms with van der Waals surface area (Å²) >= 11 is 1.36. The molecule has 20 heavy (non-hydrogen) atoms. The van der Waals surface area contributed by atoms with Crippen LogP contribution in [0.5, 0.6) is 0 Å².